The highest BCUT2D eigenvalue weighted by Crippen LogP contribution is 2.47. The third-order valence-electron chi connectivity index (χ3n) is 6.50. The van der Waals surface area contributed by atoms with Gasteiger partial charge in [-0.05, 0) is 24.8 Å². The molecule has 0 bridgehead atoms. The third kappa shape index (κ3) is 4.26. The number of rotatable bonds is 5. The number of hydrogen-bond donors (Lipinski definition) is 1. The molecule has 0 spiro atoms. The molecule has 0 saturated carbocycles. The minimum absolute atomic E-state index is 0.0388. The zero-order valence-electron chi connectivity index (χ0n) is 17.3. The Morgan fingerprint density at radius 2 is 1.97 bits per heavy atom. The van der Waals surface area contributed by atoms with Crippen molar-refractivity contribution in [1.29, 1.82) is 0 Å². The molecule has 7 heteroatoms. The van der Waals surface area contributed by atoms with Crippen LogP contribution in [0.1, 0.15) is 24.4 Å². The van der Waals surface area contributed by atoms with Crippen molar-refractivity contribution < 1.29 is 19.1 Å². The van der Waals surface area contributed by atoms with E-state index in [1.165, 1.54) is 10.5 Å². The number of carbonyl (C=O) groups is 2. The predicted octanol–water partition coefficient (Wildman–Crippen LogP) is 1.30. The first kappa shape index (κ1) is 20.2. The highest BCUT2D eigenvalue weighted by Gasteiger charge is 2.49. The number of benzene rings is 1. The molecule has 0 radical (unpaired) electrons. The number of nitrogens with one attached hydrogen (secondary N) is 1. The average Bonchev–Trinajstić information content (AvgIpc) is 3.11. The van der Waals surface area contributed by atoms with Gasteiger partial charge in [0.25, 0.3) is 0 Å². The molecule has 0 unspecified atom stereocenters. The number of nitrogens with zero attached hydrogens (tertiary/aromatic N) is 2. The van der Waals surface area contributed by atoms with E-state index in [2.05, 4.69) is 16.3 Å². The maximum Gasteiger partial charge on any atom is 0.241 e. The van der Waals surface area contributed by atoms with E-state index in [0.717, 1.165) is 38.3 Å². The zero-order chi connectivity index (χ0) is 20.4. The number of carbonyl (C=O) groups excluding carboxylic acids is 2. The summed E-state index contributed by atoms with van der Waals surface area (Å²) in [7, 11) is 3.39. The summed E-state index contributed by atoms with van der Waals surface area (Å²) >= 11 is 0. The summed E-state index contributed by atoms with van der Waals surface area (Å²) in [4.78, 5) is 28.9. The Morgan fingerprint density at radius 1 is 1.21 bits per heavy atom. The SMILES string of the molecule is CN(C)C(=O)CNC(=O)[C@@H]1CN(CC2CCOCC2)[C@H]2c3ccccc3OC[C@@H]12. The summed E-state index contributed by atoms with van der Waals surface area (Å²) < 4.78 is 11.5. The van der Waals surface area contributed by atoms with E-state index in [1.807, 2.05) is 18.2 Å². The van der Waals surface area contributed by atoms with Gasteiger partial charge in [-0.2, -0.15) is 0 Å². The number of ether oxygens (including phenoxy) is 2. The minimum Gasteiger partial charge on any atom is -0.493 e. The molecule has 3 aliphatic heterocycles. The molecule has 1 aromatic carbocycles. The van der Waals surface area contributed by atoms with E-state index < -0.39 is 0 Å². The second-order valence-corrected chi connectivity index (χ2v) is 8.58. The first-order valence-corrected chi connectivity index (χ1v) is 10.6. The van der Waals surface area contributed by atoms with Crippen LogP contribution in [0.15, 0.2) is 24.3 Å². The largest absolute Gasteiger partial charge is 0.493 e. The molecule has 1 aromatic rings. The molecular weight excluding hydrogens is 370 g/mol. The lowest BCUT2D eigenvalue weighted by atomic mass is 9.84. The van der Waals surface area contributed by atoms with E-state index in [9.17, 15) is 9.59 Å². The molecular formula is C22H31N3O4. The molecule has 3 aliphatic rings. The number of likely N-dealkylation sites (tertiary alicyclic amines) is 1. The maximum atomic E-state index is 13.0. The van der Waals surface area contributed by atoms with Crippen LogP contribution in [0, 0.1) is 17.8 Å². The van der Waals surface area contributed by atoms with Crippen LogP contribution in [0.25, 0.3) is 0 Å². The molecule has 1 N–H and O–H groups in total. The molecule has 4 rings (SSSR count). The fourth-order valence-corrected chi connectivity index (χ4v) is 4.85. The van der Waals surface area contributed by atoms with Crippen molar-refractivity contribution in [2.45, 2.75) is 18.9 Å². The quantitative estimate of drug-likeness (QED) is 0.805. The lowest BCUT2D eigenvalue weighted by molar-refractivity contribution is -0.132. The Labute approximate surface area is 172 Å². The van der Waals surface area contributed by atoms with Crippen LogP contribution in [0.2, 0.25) is 0 Å². The molecule has 158 valence electrons. The number of likely N-dealkylation sites (N-methyl/N-ethyl adjacent to an activating group) is 1. The van der Waals surface area contributed by atoms with Crippen molar-refractivity contribution in [3.8, 4) is 5.75 Å². The summed E-state index contributed by atoms with van der Waals surface area (Å²) in [6.07, 6.45) is 2.14. The van der Waals surface area contributed by atoms with Gasteiger partial charge >= 0.3 is 0 Å². The monoisotopic (exact) mass is 401 g/mol. The third-order valence-corrected chi connectivity index (χ3v) is 6.50. The summed E-state index contributed by atoms with van der Waals surface area (Å²) in [6.45, 7) is 3.89. The van der Waals surface area contributed by atoms with Crippen LogP contribution in [0.5, 0.6) is 5.75 Å². The van der Waals surface area contributed by atoms with E-state index in [0.29, 0.717) is 19.1 Å². The van der Waals surface area contributed by atoms with Crippen molar-refractivity contribution in [3.63, 3.8) is 0 Å². The smallest absolute Gasteiger partial charge is 0.241 e. The predicted molar refractivity (Wildman–Crippen MR) is 108 cm³/mol. The molecule has 2 fully saturated rings. The fraction of sp³-hybridized carbons (Fsp3) is 0.636. The van der Waals surface area contributed by atoms with Crippen LogP contribution in [0.3, 0.4) is 0 Å². The normalized spacial score (nSPS) is 26.9. The van der Waals surface area contributed by atoms with Gasteiger partial charge in [-0.25, -0.2) is 0 Å². The highest BCUT2D eigenvalue weighted by atomic mass is 16.5. The van der Waals surface area contributed by atoms with Crippen LogP contribution in [0.4, 0.5) is 0 Å². The topological polar surface area (TPSA) is 71.1 Å². The van der Waals surface area contributed by atoms with Crippen LogP contribution >= 0.6 is 0 Å². The molecule has 3 heterocycles. The molecule has 2 saturated heterocycles. The Balaban J connectivity index is 1.52. The minimum atomic E-state index is -0.178. The Kier molecular flexibility index (Phi) is 6.06. The van der Waals surface area contributed by atoms with Gasteiger partial charge in [0.1, 0.15) is 5.75 Å². The Hall–Kier alpha value is -2.12. The van der Waals surface area contributed by atoms with Crippen molar-refractivity contribution in [2.75, 3.05) is 53.6 Å². The molecule has 29 heavy (non-hydrogen) atoms. The standard InChI is InChI=1S/C22H31N3O4/c1-24(2)20(26)11-23-22(27)17-13-25(12-15-7-9-28-10-8-15)21-16-5-3-4-6-19(16)29-14-18(17)21/h3-6,15,17-18,21H,7-14H2,1-2H3,(H,23,27)/t17-,18+,21+/m1/s1. The molecule has 3 atom stereocenters. The van der Waals surface area contributed by atoms with E-state index in [4.69, 9.17) is 9.47 Å². The van der Waals surface area contributed by atoms with Crippen molar-refractivity contribution in [1.82, 2.24) is 15.1 Å². The second-order valence-electron chi connectivity index (χ2n) is 8.58. The number of amides is 2. The summed E-state index contributed by atoms with van der Waals surface area (Å²) in [5.41, 5.74) is 1.18. The van der Waals surface area contributed by atoms with Crippen LogP contribution < -0.4 is 10.1 Å². The van der Waals surface area contributed by atoms with Gasteiger partial charge in [0, 0.05) is 57.9 Å². The Morgan fingerprint density at radius 3 is 2.72 bits per heavy atom. The second kappa shape index (κ2) is 8.71. The molecule has 0 aromatic heterocycles. The number of hydrogen-bond acceptors (Lipinski definition) is 5. The van der Waals surface area contributed by atoms with E-state index >= 15 is 0 Å². The van der Waals surface area contributed by atoms with Crippen LogP contribution in [-0.2, 0) is 14.3 Å². The van der Waals surface area contributed by atoms with Gasteiger partial charge in [0.15, 0.2) is 0 Å². The fourth-order valence-electron chi connectivity index (χ4n) is 4.85. The van der Waals surface area contributed by atoms with Crippen molar-refractivity contribution in [3.05, 3.63) is 29.8 Å². The van der Waals surface area contributed by atoms with Gasteiger partial charge in [-0.3, -0.25) is 14.5 Å². The molecule has 0 aliphatic carbocycles. The summed E-state index contributed by atoms with van der Waals surface area (Å²) in [5.74, 6) is 1.29. The van der Waals surface area contributed by atoms with Crippen LogP contribution in [-0.4, -0.2) is 75.2 Å². The lowest BCUT2D eigenvalue weighted by Gasteiger charge is -2.36. The lowest BCUT2D eigenvalue weighted by Crippen LogP contribution is -2.42. The van der Waals surface area contributed by atoms with Gasteiger partial charge in [-0.15, -0.1) is 0 Å². The average molecular weight is 402 g/mol. The first-order valence-electron chi connectivity index (χ1n) is 10.6. The van der Waals surface area contributed by atoms with Crippen molar-refractivity contribution >= 4 is 11.8 Å². The molecule has 7 nitrogen and oxygen atoms in total. The van der Waals surface area contributed by atoms with Crippen molar-refractivity contribution in [2.24, 2.45) is 17.8 Å². The number of para-hydroxylation sites is 1. The first-order chi connectivity index (χ1) is 14.0. The van der Waals surface area contributed by atoms with Gasteiger partial charge in [0.05, 0.1) is 19.1 Å². The van der Waals surface area contributed by atoms with Gasteiger partial charge in [-0.1, -0.05) is 18.2 Å². The summed E-state index contributed by atoms with van der Waals surface area (Å²) in [6, 6.07) is 8.36. The zero-order valence-corrected chi connectivity index (χ0v) is 17.3. The van der Waals surface area contributed by atoms with Gasteiger partial charge < -0.3 is 19.7 Å². The number of fused-ring (bicyclic) bond motifs is 3. The van der Waals surface area contributed by atoms with E-state index in [-0.39, 0.29) is 36.2 Å². The summed E-state index contributed by atoms with van der Waals surface area (Å²) in [5, 5.41) is 2.85. The van der Waals surface area contributed by atoms with Gasteiger partial charge in [0.2, 0.25) is 11.8 Å². The maximum absolute atomic E-state index is 13.0. The molecule has 2 amide bonds. The van der Waals surface area contributed by atoms with E-state index in [1.54, 1.807) is 14.1 Å². The highest BCUT2D eigenvalue weighted by molar-refractivity contribution is 5.86. The Bertz CT molecular complexity index is 747.